The number of aromatic nitrogens is 2. The van der Waals surface area contributed by atoms with Crippen molar-refractivity contribution in [1.82, 2.24) is 14.9 Å². The van der Waals surface area contributed by atoms with Crippen LogP contribution in [0.4, 0.5) is 5.95 Å². The highest BCUT2D eigenvalue weighted by Gasteiger charge is 2.35. The Bertz CT molecular complexity index is 616. The zero-order valence-corrected chi connectivity index (χ0v) is 13.7. The van der Waals surface area contributed by atoms with Gasteiger partial charge in [-0.3, -0.25) is 9.59 Å². The molecule has 1 unspecified atom stereocenters. The van der Waals surface area contributed by atoms with Gasteiger partial charge in [0.2, 0.25) is 17.7 Å². The second-order valence-corrected chi connectivity index (χ2v) is 6.27. The van der Waals surface area contributed by atoms with Gasteiger partial charge in [0.25, 0.3) is 0 Å². The van der Waals surface area contributed by atoms with E-state index in [1.54, 1.807) is 24.3 Å². The first-order chi connectivity index (χ1) is 11.6. The lowest BCUT2D eigenvalue weighted by Crippen LogP contribution is -2.42. The molecule has 3 rings (SSSR count). The lowest BCUT2D eigenvalue weighted by Gasteiger charge is -2.33. The molecule has 1 aromatic rings. The van der Waals surface area contributed by atoms with Gasteiger partial charge in [0, 0.05) is 44.4 Å². The number of rotatable bonds is 4. The Morgan fingerprint density at radius 1 is 1.21 bits per heavy atom. The van der Waals surface area contributed by atoms with Crippen molar-refractivity contribution in [1.29, 1.82) is 0 Å². The second-order valence-electron chi connectivity index (χ2n) is 6.27. The number of carboxylic acid groups (broad SMARTS) is 1. The zero-order chi connectivity index (χ0) is 17.1. The highest BCUT2D eigenvalue weighted by atomic mass is 16.5. The Morgan fingerprint density at radius 3 is 2.54 bits per heavy atom. The number of hydrogen-bond donors (Lipinski definition) is 1. The number of anilines is 1. The molecule has 2 saturated heterocycles. The van der Waals surface area contributed by atoms with Crippen LogP contribution in [0.2, 0.25) is 0 Å². The van der Waals surface area contributed by atoms with Crippen molar-refractivity contribution >= 4 is 17.8 Å². The summed E-state index contributed by atoms with van der Waals surface area (Å²) < 4.78 is 5.12. The molecule has 24 heavy (non-hydrogen) atoms. The molecule has 8 heteroatoms. The number of carbonyl (C=O) groups is 2. The van der Waals surface area contributed by atoms with Crippen LogP contribution >= 0.6 is 0 Å². The fourth-order valence-corrected chi connectivity index (χ4v) is 3.35. The SMILES string of the molecule is COc1ccnc(N2CCC(C(=O)N3CCC(C(=O)O)C3)CC2)n1. The summed E-state index contributed by atoms with van der Waals surface area (Å²) in [6.07, 6.45) is 3.67. The summed E-state index contributed by atoms with van der Waals surface area (Å²) in [5.74, 6) is -0.0405. The monoisotopic (exact) mass is 334 g/mol. The number of hydrogen-bond acceptors (Lipinski definition) is 6. The van der Waals surface area contributed by atoms with E-state index in [0.717, 1.165) is 12.8 Å². The molecule has 1 N–H and O–H groups in total. The normalized spacial score (nSPS) is 21.8. The lowest BCUT2D eigenvalue weighted by atomic mass is 9.95. The Labute approximate surface area is 140 Å². The quantitative estimate of drug-likeness (QED) is 0.863. The molecule has 8 nitrogen and oxygen atoms in total. The van der Waals surface area contributed by atoms with Crippen molar-refractivity contribution in [3.05, 3.63) is 12.3 Å². The third-order valence-corrected chi connectivity index (χ3v) is 4.80. The highest BCUT2D eigenvalue weighted by Crippen LogP contribution is 2.26. The smallest absolute Gasteiger partial charge is 0.308 e. The lowest BCUT2D eigenvalue weighted by molar-refractivity contribution is -0.141. The zero-order valence-electron chi connectivity index (χ0n) is 13.7. The molecular weight excluding hydrogens is 312 g/mol. The minimum Gasteiger partial charge on any atom is -0.481 e. The van der Waals surface area contributed by atoms with Gasteiger partial charge in [-0.05, 0) is 19.3 Å². The summed E-state index contributed by atoms with van der Waals surface area (Å²) in [4.78, 5) is 36.0. The van der Waals surface area contributed by atoms with Crippen LogP contribution in [0.3, 0.4) is 0 Å². The summed E-state index contributed by atoms with van der Waals surface area (Å²) in [6.45, 7) is 2.31. The highest BCUT2D eigenvalue weighted by molar-refractivity contribution is 5.81. The molecule has 130 valence electrons. The first kappa shape index (κ1) is 16.5. The van der Waals surface area contributed by atoms with Gasteiger partial charge in [-0.25, -0.2) is 4.98 Å². The van der Waals surface area contributed by atoms with E-state index in [2.05, 4.69) is 14.9 Å². The molecular formula is C16H22N4O4. The number of amides is 1. The molecule has 0 bridgehead atoms. The van der Waals surface area contributed by atoms with E-state index in [0.29, 0.717) is 44.4 Å². The largest absolute Gasteiger partial charge is 0.481 e. The minimum absolute atomic E-state index is 0.0422. The van der Waals surface area contributed by atoms with Gasteiger partial charge in [-0.1, -0.05) is 0 Å². The van der Waals surface area contributed by atoms with Gasteiger partial charge < -0.3 is 19.6 Å². The summed E-state index contributed by atoms with van der Waals surface area (Å²) in [7, 11) is 1.57. The standard InChI is InChI=1S/C16H22N4O4/c1-24-13-2-6-17-16(18-13)19-7-3-11(4-8-19)14(21)20-9-5-12(10-20)15(22)23/h2,6,11-12H,3-5,7-10H2,1H3,(H,22,23). The number of carbonyl (C=O) groups excluding carboxylic acids is 1. The maximum Gasteiger partial charge on any atom is 0.308 e. The van der Waals surface area contributed by atoms with Crippen LogP contribution in [0.25, 0.3) is 0 Å². The van der Waals surface area contributed by atoms with Crippen molar-refractivity contribution in [3.63, 3.8) is 0 Å². The van der Waals surface area contributed by atoms with Crippen molar-refractivity contribution < 1.29 is 19.4 Å². The van der Waals surface area contributed by atoms with E-state index in [1.165, 1.54) is 0 Å². The summed E-state index contributed by atoms with van der Waals surface area (Å²) in [5, 5.41) is 9.06. The van der Waals surface area contributed by atoms with E-state index in [9.17, 15) is 9.59 Å². The van der Waals surface area contributed by atoms with Crippen LogP contribution in [0.5, 0.6) is 5.88 Å². The van der Waals surface area contributed by atoms with Crippen LogP contribution in [0.1, 0.15) is 19.3 Å². The van der Waals surface area contributed by atoms with E-state index in [-0.39, 0.29) is 11.8 Å². The number of piperidine rings is 1. The molecule has 0 radical (unpaired) electrons. The number of nitrogens with zero attached hydrogens (tertiary/aromatic N) is 4. The molecule has 0 aromatic carbocycles. The third kappa shape index (κ3) is 3.42. The van der Waals surface area contributed by atoms with E-state index >= 15 is 0 Å². The number of aliphatic carboxylic acids is 1. The van der Waals surface area contributed by atoms with E-state index in [4.69, 9.17) is 9.84 Å². The summed E-state index contributed by atoms with van der Waals surface area (Å²) in [5.41, 5.74) is 0. The summed E-state index contributed by atoms with van der Waals surface area (Å²) in [6, 6.07) is 1.70. The third-order valence-electron chi connectivity index (χ3n) is 4.80. The molecule has 1 aromatic heterocycles. The second kappa shape index (κ2) is 7.02. The predicted octanol–water partition coefficient (Wildman–Crippen LogP) is 0.635. The number of methoxy groups -OCH3 is 1. The average molecular weight is 334 g/mol. The predicted molar refractivity (Wildman–Crippen MR) is 85.8 cm³/mol. The summed E-state index contributed by atoms with van der Waals surface area (Å²) >= 11 is 0. The topological polar surface area (TPSA) is 95.9 Å². The van der Waals surface area contributed by atoms with Crippen LogP contribution in [0, 0.1) is 11.8 Å². The molecule has 0 saturated carbocycles. The van der Waals surface area contributed by atoms with Crippen LogP contribution in [-0.4, -0.2) is 65.1 Å². The van der Waals surface area contributed by atoms with Gasteiger partial charge >= 0.3 is 5.97 Å². The molecule has 2 aliphatic heterocycles. The first-order valence-electron chi connectivity index (χ1n) is 8.22. The molecule has 0 spiro atoms. The van der Waals surface area contributed by atoms with Gasteiger partial charge in [0.1, 0.15) is 0 Å². The molecule has 1 atom stereocenters. The molecule has 3 heterocycles. The Kier molecular flexibility index (Phi) is 4.82. The first-order valence-corrected chi connectivity index (χ1v) is 8.22. The maximum absolute atomic E-state index is 12.6. The number of ether oxygens (including phenoxy) is 1. The van der Waals surface area contributed by atoms with Gasteiger partial charge in [0.05, 0.1) is 13.0 Å². The van der Waals surface area contributed by atoms with Crippen molar-refractivity contribution in [2.45, 2.75) is 19.3 Å². The van der Waals surface area contributed by atoms with Gasteiger partial charge in [0.15, 0.2) is 0 Å². The Balaban J connectivity index is 1.55. The number of carboxylic acids is 1. The molecule has 0 aliphatic carbocycles. The van der Waals surface area contributed by atoms with Crippen LogP contribution < -0.4 is 9.64 Å². The van der Waals surface area contributed by atoms with Crippen molar-refractivity contribution in [3.8, 4) is 5.88 Å². The Hall–Kier alpha value is -2.38. The van der Waals surface area contributed by atoms with Crippen molar-refractivity contribution in [2.24, 2.45) is 11.8 Å². The number of likely N-dealkylation sites (tertiary alicyclic amines) is 1. The Morgan fingerprint density at radius 2 is 1.92 bits per heavy atom. The van der Waals surface area contributed by atoms with Crippen molar-refractivity contribution in [2.75, 3.05) is 38.2 Å². The maximum atomic E-state index is 12.6. The molecule has 1 amide bonds. The van der Waals surface area contributed by atoms with Gasteiger partial charge in [-0.15, -0.1) is 0 Å². The van der Waals surface area contributed by atoms with Gasteiger partial charge in [-0.2, -0.15) is 4.98 Å². The fourth-order valence-electron chi connectivity index (χ4n) is 3.35. The van der Waals surface area contributed by atoms with Crippen LogP contribution in [-0.2, 0) is 9.59 Å². The minimum atomic E-state index is -0.810. The van der Waals surface area contributed by atoms with Crippen LogP contribution in [0.15, 0.2) is 12.3 Å². The molecule has 2 fully saturated rings. The molecule has 2 aliphatic rings. The average Bonchev–Trinajstić information content (AvgIpc) is 3.12. The van der Waals surface area contributed by atoms with E-state index in [1.807, 2.05) is 0 Å². The van der Waals surface area contributed by atoms with E-state index < -0.39 is 11.9 Å². The fraction of sp³-hybridized carbons (Fsp3) is 0.625.